The van der Waals surface area contributed by atoms with Gasteiger partial charge in [-0.25, -0.2) is 4.98 Å². The van der Waals surface area contributed by atoms with Crippen LogP contribution in [0.15, 0.2) is 22.7 Å². The van der Waals surface area contributed by atoms with E-state index in [1.807, 2.05) is 17.6 Å². The average Bonchev–Trinajstić information content (AvgIpc) is 3.03. The highest BCUT2D eigenvalue weighted by Gasteiger charge is 2.17. The first-order valence-electron chi connectivity index (χ1n) is 6.42. The van der Waals surface area contributed by atoms with Crippen molar-refractivity contribution in [3.63, 3.8) is 0 Å². The van der Waals surface area contributed by atoms with E-state index in [9.17, 15) is 0 Å². The van der Waals surface area contributed by atoms with Crippen LogP contribution in [0, 0.1) is 18.3 Å². The first-order valence-corrected chi connectivity index (χ1v) is 6.85. The van der Waals surface area contributed by atoms with Gasteiger partial charge in [-0.3, -0.25) is 0 Å². The van der Waals surface area contributed by atoms with Crippen LogP contribution in [0.2, 0.25) is 0 Å². The van der Waals surface area contributed by atoms with Crippen LogP contribution in [0.4, 0.5) is 0 Å². The summed E-state index contributed by atoms with van der Waals surface area (Å²) >= 11 is 6.21. The Morgan fingerprint density at radius 2 is 2.24 bits per heavy atom. The van der Waals surface area contributed by atoms with Gasteiger partial charge >= 0.3 is 0 Å². The second kappa shape index (κ2) is 5.19. The highest BCUT2D eigenvalue weighted by molar-refractivity contribution is 6.20. The lowest BCUT2D eigenvalue weighted by Gasteiger charge is -2.07. The topological polar surface area (TPSA) is 80.5 Å². The standard InChI is InChI=1S/C14H12ClN5O/c1-8(15)14-18-11-4-3-10(6-16)5-12(11)20(14)7-13-17-9(2)21-19-13/h3-5,8H,7H2,1-2H3. The maximum Gasteiger partial charge on any atom is 0.223 e. The maximum absolute atomic E-state index is 9.05. The van der Waals surface area contributed by atoms with E-state index in [0.717, 1.165) is 11.0 Å². The Bertz CT molecular complexity index is 843. The fourth-order valence-corrected chi connectivity index (χ4v) is 2.39. The lowest BCUT2D eigenvalue weighted by Crippen LogP contribution is -2.07. The molecule has 1 aromatic carbocycles. The summed E-state index contributed by atoms with van der Waals surface area (Å²) in [7, 11) is 0. The lowest BCUT2D eigenvalue weighted by molar-refractivity contribution is 0.386. The van der Waals surface area contributed by atoms with Crippen molar-refractivity contribution >= 4 is 22.6 Å². The molecule has 3 rings (SSSR count). The molecular weight excluding hydrogens is 290 g/mol. The van der Waals surface area contributed by atoms with E-state index in [-0.39, 0.29) is 5.38 Å². The maximum atomic E-state index is 9.05. The number of hydrogen-bond acceptors (Lipinski definition) is 5. The van der Waals surface area contributed by atoms with Gasteiger partial charge in [0.25, 0.3) is 0 Å². The minimum atomic E-state index is -0.268. The van der Waals surface area contributed by atoms with Crippen molar-refractivity contribution in [2.75, 3.05) is 0 Å². The molecule has 0 aliphatic carbocycles. The Labute approximate surface area is 126 Å². The molecule has 0 fully saturated rings. The van der Waals surface area contributed by atoms with Crippen molar-refractivity contribution in [1.29, 1.82) is 5.26 Å². The Hall–Kier alpha value is -2.39. The van der Waals surface area contributed by atoms with Gasteiger partial charge < -0.3 is 9.09 Å². The number of hydrogen-bond donors (Lipinski definition) is 0. The lowest BCUT2D eigenvalue weighted by atomic mass is 10.2. The summed E-state index contributed by atoms with van der Waals surface area (Å²) in [6, 6.07) is 7.47. The summed E-state index contributed by atoms with van der Waals surface area (Å²) < 4.78 is 6.91. The Morgan fingerprint density at radius 1 is 1.43 bits per heavy atom. The normalized spacial score (nSPS) is 12.5. The van der Waals surface area contributed by atoms with Crippen LogP contribution in [-0.4, -0.2) is 19.7 Å². The first-order chi connectivity index (χ1) is 10.1. The third-order valence-corrected chi connectivity index (χ3v) is 3.33. The molecule has 2 heterocycles. The molecule has 3 aromatic rings. The number of nitrogens with zero attached hydrogens (tertiary/aromatic N) is 5. The zero-order valence-electron chi connectivity index (χ0n) is 11.5. The van der Waals surface area contributed by atoms with Crippen LogP contribution in [0.25, 0.3) is 11.0 Å². The third kappa shape index (κ3) is 2.48. The molecule has 0 spiro atoms. The SMILES string of the molecule is Cc1nc(Cn2c(C(C)Cl)nc3ccc(C#N)cc32)no1. The minimum absolute atomic E-state index is 0.268. The Morgan fingerprint density at radius 3 is 2.86 bits per heavy atom. The molecule has 0 N–H and O–H groups in total. The molecule has 2 aromatic heterocycles. The van der Waals surface area contributed by atoms with E-state index in [2.05, 4.69) is 21.2 Å². The predicted molar refractivity (Wildman–Crippen MR) is 76.9 cm³/mol. The Balaban J connectivity index is 2.17. The van der Waals surface area contributed by atoms with Gasteiger partial charge in [0, 0.05) is 6.92 Å². The van der Waals surface area contributed by atoms with E-state index in [0.29, 0.717) is 29.6 Å². The second-order valence-corrected chi connectivity index (χ2v) is 5.37. The number of aromatic nitrogens is 4. The van der Waals surface area contributed by atoms with Crippen LogP contribution in [0.3, 0.4) is 0 Å². The fourth-order valence-electron chi connectivity index (χ4n) is 2.23. The van der Waals surface area contributed by atoms with Gasteiger partial charge in [0.05, 0.1) is 34.6 Å². The highest BCUT2D eigenvalue weighted by atomic mass is 35.5. The molecule has 1 atom stereocenters. The number of benzene rings is 1. The third-order valence-electron chi connectivity index (χ3n) is 3.13. The highest BCUT2D eigenvalue weighted by Crippen LogP contribution is 2.26. The van der Waals surface area contributed by atoms with Gasteiger partial charge in [-0.15, -0.1) is 11.6 Å². The summed E-state index contributed by atoms with van der Waals surface area (Å²) in [6.07, 6.45) is 0. The first kappa shape index (κ1) is 13.6. The van der Waals surface area contributed by atoms with Gasteiger partial charge in [0.15, 0.2) is 5.82 Å². The van der Waals surface area contributed by atoms with E-state index in [4.69, 9.17) is 21.4 Å². The number of imidazole rings is 1. The smallest absolute Gasteiger partial charge is 0.223 e. The van der Waals surface area contributed by atoms with Gasteiger partial charge in [-0.2, -0.15) is 10.2 Å². The molecule has 0 aliphatic heterocycles. The Kier molecular flexibility index (Phi) is 3.35. The molecule has 0 saturated carbocycles. The summed E-state index contributed by atoms with van der Waals surface area (Å²) in [5.74, 6) is 1.77. The van der Waals surface area contributed by atoms with Crippen molar-refractivity contribution in [3.8, 4) is 6.07 Å². The van der Waals surface area contributed by atoms with E-state index in [1.165, 1.54) is 0 Å². The number of alkyl halides is 1. The number of fused-ring (bicyclic) bond motifs is 1. The van der Waals surface area contributed by atoms with E-state index < -0.39 is 0 Å². The average molecular weight is 302 g/mol. The quantitative estimate of drug-likeness (QED) is 0.695. The van der Waals surface area contributed by atoms with Crippen LogP contribution in [0.5, 0.6) is 0 Å². The zero-order valence-corrected chi connectivity index (χ0v) is 12.3. The molecule has 21 heavy (non-hydrogen) atoms. The van der Waals surface area contributed by atoms with Crippen LogP contribution >= 0.6 is 11.6 Å². The molecule has 0 saturated heterocycles. The number of rotatable bonds is 3. The molecule has 0 radical (unpaired) electrons. The minimum Gasteiger partial charge on any atom is -0.340 e. The van der Waals surface area contributed by atoms with Gasteiger partial charge in [-0.05, 0) is 25.1 Å². The van der Waals surface area contributed by atoms with E-state index in [1.54, 1.807) is 19.1 Å². The number of nitriles is 1. The van der Waals surface area contributed by atoms with Gasteiger partial charge in [0.1, 0.15) is 5.82 Å². The molecule has 0 aliphatic rings. The van der Waals surface area contributed by atoms with Crippen molar-refractivity contribution in [2.45, 2.75) is 25.8 Å². The summed E-state index contributed by atoms with van der Waals surface area (Å²) in [6.45, 7) is 3.99. The number of halogens is 1. The molecule has 0 bridgehead atoms. The molecule has 106 valence electrons. The zero-order chi connectivity index (χ0) is 15.0. The van der Waals surface area contributed by atoms with Crippen molar-refractivity contribution in [1.82, 2.24) is 19.7 Å². The molecule has 7 heteroatoms. The summed E-state index contributed by atoms with van der Waals surface area (Å²) in [4.78, 5) is 8.73. The molecule has 0 amide bonds. The van der Waals surface area contributed by atoms with Gasteiger partial charge in [-0.1, -0.05) is 5.16 Å². The van der Waals surface area contributed by atoms with E-state index >= 15 is 0 Å². The van der Waals surface area contributed by atoms with Crippen molar-refractivity contribution in [2.24, 2.45) is 0 Å². The molecule has 1 unspecified atom stereocenters. The van der Waals surface area contributed by atoms with Gasteiger partial charge in [0.2, 0.25) is 5.89 Å². The summed E-state index contributed by atoms with van der Waals surface area (Å²) in [5.41, 5.74) is 2.19. The number of aryl methyl sites for hydroxylation is 1. The molecule has 6 nitrogen and oxygen atoms in total. The van der Waals surface area contributed by atoms with Crippen molar-refractivity contribution < 1.29 is 4.52 Å². The second-order valence-electron chi connectivity index (χ2n) is 4.72. The monoisotopic (exact) mass is 301 g/mol. The van der Waals surface area contributed by atoms with Crippen LogP contribution in [0.1, 0.15) is 35.4 Å². The largest absolute Gasteiger partial charge is 0.340 e. The van der Waals surface area contributed by atoms with Crippen LogP contribution < -0.4 is 0 Å². The summed E-state index contributed by atoms with van der Waals surface area (Å²) in [5, 5.41) is 12.7. The van der Waals surface area contributed by atoms with Crippen LogP contribution in [-0.2, 0) is 6.54 Å². The van der Waals surface area contributed by atoms with Crippen molar-refractivity contribution in [3.05, 3.63) is 41.3 Å². The molecular formula is C14H12ClN5O. The fraction of sp³-hybridized carbons (Fsp3) is 0.286. The predicted octanol–water partition coefficient (Wildman–Crippen LogP) is 2.95.